The fraction of sp³-hybridized carbons (Fsp3) is 0.286. The predicted octanol–water partition coefficient (Wildman–Crippen LogP) is 3.41. The van der Waals surface area contributed by atoms with Crippen molar-refractivity contribution in [1.82, 2.24) is 0 Å². The number of carbonyl (C=O) groups is 3. The fourth-order valence-corrected chi connectivity index (χ4v) is 2.20. The molecular weight excluding hydrogens is 348 g/mol. The summed E-state index contributed by atoms with van der Waals surface area (Å²) in [6, 6.07) is 16.9. The van der Waals surface area contributed by atoms with Crippen LogP contribution in [0.4, 0.5) is 0 Å². The predicted molar refractivity (Wildman–Crippen MR) is 98.2 cm³/mol. The summed E-state index contributed by atoms with van der Waals surface area (Å²) in [6.45, 7) is 1.46. The minimum Gasteiger partial charge on any atom is -0.462 e. The maximum absolute atomic E-state index is 12.2. The molecule has 0 radical (unpaired) electrons. The van der Waals surface area contributed by atoms with Gasteiger partial charge < -0.3 is 14.2 Å². The first-order valence-electron chi connectivity index (χ1n) is 8.74. The highest BCUT2D eigenvalue weighted by Crippen LogP contribution is 2.08. The zero-order valence-electron chi connectivity index (χ0n) is 15.1. The normalized spacial score (nSPS) is 11.3. The molecule has 27 heavy (non-hydrogen) atoms. The summed E-state index contributed by atoms with van der Waals surface area (Å²) >= 11 is 0. The molecule has 0 amide bonds. The highest BCUT2D eigenvalue weighted by molar-refractivity contribution is 5.90. The van der Waals surface area contributed by atoms with Crippen molar-refractivity contribution in [2.75, 3.05) is 13.2 Å². The van der Waals surface area contributed by atoms with E-state index in [4.69, 9.17) is 14.2 Å². The van der Waals surface area contributed by atoms with E-state index in [1.54, 1.807) is 60.7 Å². The lowest BCUT2D eigenvalue weighted by molar-refractivity contribution is -0.147. The van der Waals surface area contributed by atoms with Crippen LogP contribution >= 0.6 is 0 Å². The Bertz CT molecular complexity index is 742. The summed E-state index contributed by atoms with van der Waals surface area (Å²) in [5.74, 6) is -1.52. The minimum atomic E-state index is -0.897. The molecule has 0 N–H and O–H groups in total. The molecule has 0 aliphatic heterocycles. The van der Waals surface area contributed by atoms with Gasteiger partial charge in [-0.15, -0.1) is 0 Å². The van der Waals surface area contributed by atoms with Gasteiger partial charge in [-0.2, -0.15) is 0 Å². The van der Waals surface area contributed by atoms with E-state index in [1.807, 2.05) is 6.92 Å². The second-order valence-electron chi connectivity index (χ2n) is 5.79. The Balaban J connectivity index is 1.97. The van der Waals surface area contributed by atoms with Gasteiger partial charge in [0.2, 0.25) is 0 Å². The van der Waals surface area contributed by atoms with Gasteiger partial charge in [-0.1, -0.05) is 43.3 Å². The number of ether oxygens (including phenoxy) is 3. The Morgan fingerprint density at radius 3 is 1.85 bits per heavy atom. The van der Waals surface area contributed by atoms with E-state index >= 15 is 0 Å². The van der Waals surface area contributed by atoms with Gasteiger partial charge >= 0.3 is 17.9 Å². The van der Waals surface area contributed by atoms with Crippen molar-refractivity contribution in [3.05, 3.63) is 71.8 Å². The second-order valence-corrected chi connectivity index (χ2v) is 5.79. The molecular formula is C21H22O6. The Morgan fingerprint density at radius 1 is 0.778 bits per heavy atom. The summed E-state index contributed by atoms with van der Waals surface area (Å²) in [5.41, 5.74) is 0.741. The summed E-state index contributed by atoms with van der Waals surface area (Å²) in [5, 5.41) is 0. The number of carbonyl (C=O) groups excluding carboxylic acids is 3. The van der Waals surface area contributed by atoms with Crippen LogP contribution < -0.4 is 0 Å². The molecule has 2 rings (SSSR count). The Labute approximate surface area is 158 Å². The largest absolute Gasteiger partial charge is 0.462 e. The summed E-state index contributed by atoms with van der Waals surface area (Å²) in [4.78, 5) is 35.9. The molecule has 0 fully saturated rings. The van der Waals surface area contributed by atoms with E-state index in [9.17, 15) is 14.4 Å². The molecule has 0 heterocycles. The van der Waals surface area contributed by atoms with E-state index in [-0.39, 0.29) is 19.6 Å². The van der Waals surface area contributed by atoms with Crippen molar-refractivity contribution in [2.45, 2.75) is 25.9 Å². The van der Waals surface area contributed by atoms with Gasteiger partial charge in [-0.05, 0) is 30.7 Å². The molecule has 142 valence electrons. The zero-order chi connectivity index (χ0) is 19.5. The molecule has 0 saturated carbocycles. The molecule has 0 bridgehead atoms. The van der Waals surface area contributed by atoms with Crippen LogP contribution in [0, 0.1) is 0 Å². The highest BCUT2D eigenvalue weighted by atomic mass is 16.6. The number of benzene rings is 2. The standard InChI is InChI=1S/C21H22O6/c1-2-9-19(22)25-14-18(27-21(24)17-12-7-4-8-13-17)15-26-20(23)16-10-5-3-6-11-16/h3-8,10-13,18H,2,9,14-15H2,1H3. The number of hydrogen-bond donors (Lipinski definition) is 0. The molecule has 1 atom stereocenters. The molecule has 6 heteroatoms. The Kier molecular flexibility index (Phi) is 8.03. The summed E-state index contributed by atoms with van der Waals surface area (Å²) in [7, 11) is 0. The quantitative estimate of drug-likeness (QED) is 0.497. The van der Waals surface area contributed by atoms with E-state index in [0.717, 1.165) is 0 Å². The van der Waals surface area contributed by atoms with Crippen LogP contribution in [-0.4, -0.2) is 37.2 Å². The third-order valence-electron chi connectivity index (χ3n) is 3.58. The van der Waals surface area contributed by atoms with Crippen LogP contribution in [0.1, 0.15) is 40.5 Å². The van der Waals surface area contributed by atoms with Crippen molar-refractivity contribution < 1.29 is 28.6 Å². The molecule has 0 aromatic heterocycles. The SMILES string of the molecule is CCCC(=O)OCC(COC(=O)c1ccccc1)OC(=O)c1ccccc1. The average molecular weight is 370 g/mol. The van der Waals surface area contributed by atoms with E-state index < -0.39 is 24.0 Å². The van der Waals surface area contributed by atoms with Gasteiger partial charge in [0.15, 0.2) is 6.10 Å². The molecule has 2 aromatic rings. The third kappa shape index (κ3) is 6.93. The maximum Gasteiger partial charge on any atom is 0.338 e. The van der Waals surface area contributed by atoms with Gasteiger partial charge in [0.25, 0.3) is 0 Å². The van der Waals surface area contributed by atoms with Crippen LogP contribution in [0.15, 0.2) is 60.7 Å². The van der Waals surface area contributed by atoms with E-state index in [0.29, 0.717) is 17.5 Å². The number of rotatable bonds is 9. The van der Waals surface area contributed by atoms with Crippen molar-refractivity contribution in [3.63, 3.8) is 0 Å². The summed E-state index contributed by atoms with van der Waals surface area (Å²) < 4.78 is 15.7. The molecule has 0 aliphatic rings. The fourth-order valence-electron chi connectivity index (χ4n) is 2.20. The zero-order valence-corrected chi connectivity index (χ0v) is 15.1. The van der Waals surface area contributed by atoms with Gasteiger partial charge in [-0.3, -0.25) is 4.79 Å². The van der Waals surface area contributed by atoms with Crippen LogP contribution in [-0.2, 0) is 19.0 Å². The molecule has 0 spiro atoms. The van der Waals surface area contributed by atoms with E-state index in [1.165, 1.54) is 0 Å². The first-order valence-corrected chi connectivity index (χ1v) is 8.74. The van der Waals surface area contributed by atoms with E-state index in [2.05, 4.69) is 0 Å². The first kappa shape index (κ1) is 20.2. The Hall–Kier alpha value is -3.15. The second kappa shape index (κ2) is 10.8. The lowest BCUT2D eigenvalue weighted by atomic mass is 10.2. The molecule has 0 saturated heterocycles. The van der Waals surface area contributed by atoms with Crippen molar-refractivity contribution in [3.8, 4) is 0 Å². The van der Waals surface area contributed by atoms with Crippen LogP contribution in [0.25, 0.3) is 0 Å². The monoisotopic (exact) mass is 370 g/mol. The van der Waals surface area contributed by atoms with Gasteiger partial charge in [0.05, 0.1) is 11.1 Å². The lowest BCUT2D eigenvalue weighted by Gasteiger charge is -2.18. The lowest BCUT2D eigenvalue weighted by Crippen LogP contribution is -2.31. The first-order chi connectivity index (χ1) is 13.1. The van der Waals surface area contributed by atoms with Gasteiger partial charge in [0.1, 0.15) is 13.2 Å². The summed E-state index contributed by atoms with van der Waals surface area (Å²) in [6.07, 6.45) is 0.0191. The molecule has 2 aromatic carbocycles. The van der Waals surface area contributed by atoms with Crippen molar-refractivity contribution >= 4 is 17.9 Å². The van der Waals surface area contributed by atoms with Gasteiger partial charge in [-0.25, -0.2) is 9.59 Å². The smallest absolute Gasteiger partial charge is 0.338 e. The van der Waals surface area contributed by atoms with Gasteiger partial charge in [0, 0.05) is 6.42 Å². The molecule has 1 unspecified atom stereocenters. The number of hydrogen-bond acceptors (Lipinski definition) is 6. The minimum absolute atomic E-state index is 0.181. The van der Waals surface area contributed by atoms with Crippen LogP contribution in [0.5, 0.6) is 0 Å². The Morgan fingerprint density at radius 2 is 1.30 bits per heavy atom. The van der Waals surface area contributed by atoms with Crippen LogP contribution in [0.3, 0.4) is 0 Å². The number of esters is 3. The topological polar surface area (TPSA) is 78.9 Å². The van der Waals surface area contributed by atoms with Crippen molar-refractivity contribution in [1.29, 1.82) is 0 Å². The van der Waals surface area contributed by atoms with Crippen LogP contribution in [0.2, 0.25) is 0 Å². The third-order valence-corrected chi connectivity index (χ3v) is 3.58. The molecule has 6 nitrogen and oxygen atoms in total. The maximum atomic E-state index is 12.2. The molecule has 0 aliphatic carbocycles. The average Bonchev–Trinajstić information content (AvgIpc) is 2.71. The van der Waals surface area contributed by atoms with Crippen molar-refractivity contribution in [2.24, 2.45) is 0 Å². The highest BCUT2D eigenvalue weighted by Gasteiger charge is 2.20.